The van der Waals surface area contributed by atoms with Crippen molar-refractivity contribution in [2.75, 3.05) is 25.0 Å². The Hall–Kier alpha value is -2.50. The number of amides is 1. The molecule has 0 aromatic heterocycles. The molecule has 1 fully saturated rings. The van der Waals surface area contributed by atoms with E-state index in [1.807, 2.05) is 43.9 Å². The van der Waals surface area contributed by atoms with E-state index in [9.17, 15) is 9.59 Å². The van der Waals surface area contributed by atoms with E-state index in [1.54, 1.807) is 12.1 Å². The van der Waals surface area contributed by atoms with Crippen LogP contribution in [0.3, 0.4) is 0 Å². The van der Waals surface area contributed by atoms with Gasteiger partial charge in [-0.1, -0.05) is 29.8 Å². The Bertz CT molecular complexity index is 1020. The van der Waals surface area contributed by atoms with Crippen molar-refractivity contribution >= 4 is 40.4 Å². The number of carbonyl (C=O) groups is 2. The van der Waals surface area contributed by atoms with Gasteiger partial charge in [0, 0.05) is 35.1 Å². The summed E-state index contributed by atoms with van der Waals surface area (Å²) in [5.74, 6) is -0.275. The summed E-state index contributed by atoms with van der Waals surface area (Å²) >= 11 is 6.20. The van der Waals surface area contributed by atoms with Crippen LogP contribution in [0.2, 0.25) is 5.02 Å². The second-order valence-corrected chi connectivity index (χ2v) is 8.30. The highest BCUT2D eigenvalue weighted by molar-refractivity contribution is 6.32. The Labute approximate surface area is 175 Å². The largest absolute Gasteiger partial charge is 0.324 e. The molecular formula is C23H24ClN3O2. The Kier molecular flexibility index (Phi) is 5.28. The number of fused-ring (bicyclic) bond motifs is 2. The molecule has 6 heteroatoms. The van der Waals surface area contributed by atoms with Crippen LogP contribution in [-0.4, -0.2) is 41.9 Å². The van der Waals surface area contributed by atoms with Gasteiger partial charge in [-0.3, -0.25) is 19.5 Å². The maximum absolute atomic E-state index is 13.1. The minimum Gasteiger partial charge on any atom is -0.324 e. The van der Waals surface area contributed by atoms with Crippen LogP contribution >= 0.6 is 11.6 Å². The quantitative estimate of drug-likeness (QED) is 0.812. The van der Waals surface area contributed by atoms with E-state index >= 15 is 0 Å². The van der Waals surface area contributed by atoms with Crippen molar-refractivity contribution in [3.05, 3.63) is 57.6 Å². The summed E-state index contributed by atoms with van der Waals surface area (Å²) in [4.78, 5) is 32.5. The Morgan fingerprint density at radius 2 is 1.93 bits per heavy atom. The van der Waals surface area contributed by atoms with Crippen LogP contribution < -0.4 is 5.32 Å². The maximum atomic E-state index is 13.1. The summed E-state index contributed by atoms with van der Waals surface area (Å²) in [5.41, 5.74) is 6.03. The topological polar surface area (TPSA) is 61.8 Å². The number of aliphatic imine (C=N–C) groups is 1. The van der Waals surface area contributed by atoms with E-state index in [2.05, 4.69) is 5.32 Å². The van der Waals surface area contributed by atoms with Gasteiger partial charge in [-0.2, -0.15) is 0 Å². The van der Waals surface area contributed by atoms with Gasteiger partial charge in [0.05, 0.1) is 18.2 Å². The number of anilines is 1. The zero-order valence-electron chi connectivity index (χ0n) is 16.9. The van der Waals surface area contributed by atoms with E-state index in [0.717, 1.165) is 28.1 Å². The lowest BCUT2D eigenvalue weighted by Crippen LogP contribution is -2.47. The fourth-order valence-corrected chi connectivity index (χ4v) is 4.31. The number of aryl methyl sites for hydroxylation is 2. The van der Waals surface area contributed by atoms with Gasteiger partial charge in [0.15, 0.2) is 5.78 Å². The third-order valence-electron chi connectivity index (χ3n) is 5.84. The lowest BCUT2D eigenvalue weighted by molar-refractivity contribution is -0.117. The van der Waals surface area contributed by atoms with E-state index < -0.39 is 0 Å². The van der Waals surface area contributed by atoms with Crippen molar-refractivity contribution in [2.24, 2.45) is 10.9 Å². The zero-order valence-corrected chi connectivity index (χ0v) is 17.6. The van der Waals surface area contributed by atoms with Gasteiger partial charge < -0.3 is 5.32 Å². The molecule has 0 aliphatic carbocycles. The van der Waals surface area contributed by atoms with Crippen molar-refractivity contribution < 1.29 is 9.59 Å². The minimum atomic E-state index is -0.287. The number of nitrogens with one attached hydrogen (secondary N) is 1. The van der Waals surface area contributed by atoms with Crippen LogP contribution in [0.15, 0.2) is 35.3 Å². The average molecular weight is 410 g/mol. The zero-order chi connectivity index (χ0) is 20.7. The number of carbonyl (C=O) groups excluding carboxylic acids is 2. The SMILES string of the molecule is Cc1cccc(C)c1NC(=O)CN1CCC2=Nc3c(ccc(Cl)c3C)C(=O)C2C1. The molecule has 0 saturated carbocycles. The lowest BCUT2D eigenvalue weighted by Gasteiger charge is -2.35. The van der Waals surface area contributed by atoms with Crippen LogP contribution in [-0.2, 0) is 4.79 Å². The first-order valence-corrected chi connectivity index (χ1v) is 10.2. The highest BCUT2D eigenvalue weighted by atomic mass is 35.5. The molecule has 1 saturated heterocycles. The van der Waals surface area contributed by atoms with Crippen molar-refractivity contribution in [1.29, 1.82) is 0 Å². The van der Waals surface area contributed by atoms with Gasteiger partial charge in [0.2, 0.25) is 5.91 Å². The number of Topliss-reactive ketones (excluding diaryl/α,β-unsaturated/α-hetero) is 1. The summed E-state index contributed by atoms with van der Waals surface area (Å²) in [7, 11) is 0. The van der Waals surface area contributed by atoms with Crippen LogP contribution in [0.25, 0.3) is 0 Å². The molecule has 2 aliphatic heterocycles. The molecule has 0 bridgehead atoms. The predicted octanol–water partition coefficient (Wildman–Crippen LogP) is 4.49. The minimum absolute atomic E-state index is 0.0610. The number of benzene rings is 2. The monoisotopic (exact) mass is 409 g/mol. The molecule has 29 heavy (non-hydrogen) atoms. The Balaban J connectivity index is 1.48. The number of halogens is 1. The second kappa shape index (κ2) is 7.73. The van der Waals surface area contributed by atoms with Crippen molar-refractivity contribution in [2.45, 2.75) is 27.2 Å². The van der Waals surface area contributed by atoms with Crippen LogP contribution in [0.4, 0.5) is 11.4 Å². The highest BCUT2D eigenvalue weighted by Crippen LogP contribution is 2.37. The summed E-state index contributed by atoms with van der Waals surface area (Å²) < 4.78 is 0. The van der Waals surface area contributed by atoms with Gasteiger partial charge in [-0.15, -0.1) is 0 Å². The van der Waals surface area contributed by atoms with E-state index in [1.165, 1.54) is 0 Å². The average Bonchev–Trinajstić information content (AvgIpc) is 2.69. The first-order chi connectivity index (χ1) is 13.8. The summed E-state index contributed by atoms with van der Waals surface area (Å²) in [5, 5.41) is 3.65. The summed E-state index contributed by atoms with van der Waals surface area (Å²) in [6.45, 7) is 7.34. The highest BCUT2D eigenvalue weighted by Gasteiger charge is 2.36. The normalized spacial score (nSPS) is 18.7. The molecule has 0 spiro atoms. The molecule has 1 unspecified atom stereocenters. The Morgan fingerprint density at radius 3 is 2.66 bits per heavy atom. The molecule has 2 aromatic rings. The standard InChI is InChI=1S/C23H24ClN3O2/c1-13-5-4-6-14(2)21(13)26-20(28)12-27-10-9-19-17(11-27)23(29)16-7-8-18(24)15(3)22(16)25-19/h4-8,17H,9-12H2,1-3H3,(H,26,28). The van der Waals surface area contributed by atoms with E-state index in [0.29, 0.717) is 35.8 Å². The summed E-state index contributed by atoms with van der Waals surface area (Å²) in [6, 6.07) is 9.47. The lowest BCUT2D eigenvalue weighted by atomic mass is 9.84. The third-order valence-corrected chi connectivity index (χ3v) is 6.25. The molecule has 0 radical (unpaired) electrons. The number of para-hydroxylation sites is 1. The number of ketones is 1. The first-order valence-electron chi connectivity index (χ1n) is 9.84. The van der Waals surface area contributed by atoms with Crippen molar-refractivity contribution in [1.82, 2.24) is 4.90 Å². The van der Waals surface area contributed by atoms with Crippen LogP contribution in [0, 0.1) is 26.7 Å². The number of hydrogen-bond acceptors (Lipinski definition) is 4. The molecule has 1 amide bonds. The molecule has 150 valence electrons. The molecule has 1 atom stereocenters. The van der Waals surface area contributed by atoms with Crippen molar-refractivity contribution in [3.63, 3.8) is 0 Å². The maximum Gasteiger partial charge on any atom is 0.238 e. The van der Waals surface area contributed by atoms with Gasteiger partial charge >= 0.3 is 0 Å². The third kappa shape index (κ3) is 3.72. The molecule has 2 aliphatic rings. The van der Waals surface area contributed by atoms with Crippen LogP contribution in [0.1, 0.15) is 33.5 Å². The number of piperidine rings is 1. The van der Waals surface area contributed by atoms with Gasteiger partial charge in [-0.05, 0) is 56.0 Å². The van der Waals surface area contributed by atoms with Crippen LogP contribution in [0.5, 0.6) is 0 Å². The molecular weight excluding hydrogens is 386 g/mol. The second-order valence-electron chi connectivity index (χ2n) is 7.89. The fraction of sp³-hybridized carbons (Fsp3) is 0.348. The summed E-state index contributed by atoms with van der Waals surface area (Å²) in [6.07, 6.45) is 0.679. The van der Waals surface area contributed by atoms with Gasteiger partial charge in [0.1, 0.15) is 0 Å². The number of rotatable bonds is 3. The van der Waals surface area contributed by atoms with Gasteiger partial charge in [-0.25, -0.2) is 0 Å². The number of nitrogens with zero attached hydrogens (tertiary/aromatic N) is 2. The molecule has 2 aromatic carbocycles. The molecule has 1 N–H and O–H groups in total. The van der Waals surface area contributed by atoms with E-state index in [-0.39, 0.29) is 24.2 Å². The first kappa shape index (κ1) is 19.8. The number of likely N-dealkylation sites (tertiary alicyclic amines) is 1. The smallest absolute Gasteiger partial charge is 0.238 e. The fourth-order valence-electron chi connectivity index (χ4n) is 4.16. The van der Waals surface area contributed by atoms with Crippen molar-refractivity contribution in [3.8, 4) is 0 Å². The number of hydrogen-bond donors (Lipinski definition) is 1. The molecule has 4 rings (SSSR count). The molecule has 2 heterocycles. The van der Waals surface area contributed by atoms with E-state index in [4.69, 9.17) is 16.6 Å². The predicted molar refractivity (Wildman–Crippen MR) is 117 cm³/mol. The molecule has 5 nitrogen and oxygen atoms in total. The Morgan fingerprint density at radius 1 is 1.21 bits per heavy atom. The van der Waals surface area contributed by atoms with Gasteiger partial charge in [0.25, 0.3) is 0 Å².